The van der Waals surface area contributed by atoms with Crippen molar-refractivity contribution < 1.29 is 23.7 Å². The Labute approximate surface area is 166 Å². The molecule has 0 radical (unpaired) electrons. The molecule has 0 saturated carbocycles. The van der Waals surface area contributed by atoms with Gasteiger partial charge in [-0.3, -0.25) is 0 Å². The molecule has 0 aliphatic heterocycles. The molecule has 8 nitrogen and oxygen atoms in total. The summed E-state index contributed by atoms with van der Waals surface area (Å²) in [6.07, 6.45) is 0. The molecule has 0 spiro atoms. The van der Waals surface area contributed by atoms with Gasteiger partial charge in [-0.1, -0.05) is 48.0 Å². The summed E-state index contributed by atoms with van der Waals surface area (Å²) in [4.78, 5) is 24.4. The summed E-state index contributed by atoms with van der Waals surface area (Å²) >= 11 is 6.21. The van der Waals surface area contributed by atoms with Crippen molar-refractivity contribution in [3.63, 3.8) is 0 Å². The average Bonchev–Trinajstić information content (AvgIpc) is 2.72. The number of carbonyl (C=O) groups is 1. The Morgan fingerprint density at radius 3 is 2.18 bits per heavy atom. The quantitative estimate of drug-likeness (QED) is 0.553. The summed E-state index contributed by atoms with van der Waals surface area (Å²) < 4.78 is 21.0. The van der Waals surface area contributed by atoms with Crippen LogP contribution in [0.1, 0.15) is 15.9 Å². The molecule has 0 amide bonds. The van der Waals surface area contributed by atoms with Crippen LogP contribution in [0.25, 0.3) is 0 Å². The number of hydrogen-bond donors (Lipinski definition) is 0. The number of nitrogens with zero attached hydrogens (tertiary/aromatic N) is 3. The van der Waals surface area contributed by atoms with Crippen LogP contribution in [0, 0.1) is 0 Å². The van der Waals surface area contributed by atoms with E-state index >= 15 is 0 Å². The van der Waals surface area contributed by atoms with E-state index in [-0.39, 0.29) is 41.0 Å². The van der Waals surface area contributed by atoms with E-state index in [0.29, 0.717) is 0 Å². The van der Waals surface area contributed by atoms with Crippen molar-refractivity contribution in [3.8, 4) is 23.8 Å². The van der Waals surface area contributed by atoms with E-state index in [9.17, 15) is 4.79 Å². The Bertz CT molecular complexity index is 947. The van der Waals surface area contributed by atoms with E-state index < -0.39 is 5.97 Å². The molecule has 0 atom stereocenters. The highest BCUT2D eigenvalue weighted by atomic mass is 35.5. The van der Waals surface area contributed by atoms with Crippen molar-refractivity contribution in [2.75, 3.05) is 14.2 Å². The van der Waals surface area contributed by atoms with E-state index in [1.165, 1.54) is 14.2 Å². The van der Waals surface area contributed by atoms with Gasteiger partial charge >= 0.3 is 24.0 Å². The van der Waals surface area contributed by atoms with Crippen LogP contribution in [0.2, 0.25) is 5.02 Å². The van der Waals surface area contributed by atoms with Crippen LogP contribution in [0.5, 0.6) is 23.8 Å². The van der Waals surface area contributed by atoms with Crippen molar-refractivity contribution in [2.45, 2.75) is 6.61 Å². The predicted octanol–water partition coefficient (Wildman–Crippen LogP) is 3.69. The number of benzene rings is 2. The summed E-state index contributed by atoms with van der Waals surface area (Å²) in [6.45, 7) is 0.0950. The number of esters is 1. The van der Waals surface area contributed by atoms with Crippen molar-refractivity contribution in [1.29, 1.82) is 0 Å². The molecule has 0 aliphatic rings. The fraction of sp³-hybridized carbons (Fsp3) is 0.158. The lowest BCUT2D eigenvalue weighted by atomic mass is 10.2. The first-order chi connectivity index (χ1) is 13.6. The molecule has 3 aromatic rings. The Hall–Kier alpha value is -3.39. The van der Waals surface area contributed by atoms with Crippen LogP contribution in [0.4, 0.5) is 0 Å². The van der Waals surface area contributed by atoms with E-state index in [1.54, 1.807) is 18.2 Å². The Balaban J connectivity index is 1.85. The highest BCUT2D eigenvalue weighted by molar-refractivity contribution is 6.34. The fourth-order valence-electron chi connectivity index (χ4n) is 2.23. The van der Waals surface area contributed by atoms with E-state index in [1.807, 2.05) is 30.3 Å². The van der Waals surface area contributed by atoms with Crippen LogP contribution in [0.3, 0.4) is 0 Å². The van der Waals surface area contributed by atoms with Gasteiger partial charge in [-0.05, 0) is 17.7 Å². The number of aromatic nitrogens is 3. The van der Waals surface area contributed by atoms with Gasteiger partial charge in [0.1, 0.15) is 17.9 Å². The Morgan fingerprint density at radius 1 is 0.893 bits per heavy atom. The highest BCUT2D eigenvalue weighted by Gasteiger charge is 2.20. The maximum absolute atomic E-state index is 12.6. The minimum Gasteiger partial charge on any atom is -0.467 e. The zero-order valence-corrected chi connectivity index (χ0v) is 15.8. The van der Waals surface area contributed by atoms with Crippen LogP contribution < -0.4 is 14.2 Å². The second kappa shape index (κ2) is 9.01. The normalized spacial score (nSPS) is 10.2. The van der Waals surface area contributed by atoms with Gasteiger partial charge in [-0.2, -0.15) is 0 Å². The highest BCUT2D eigenvalue weighted by Crippen LogP contribution is 2.31. The molecular weight excluding hydrogens is 386 g/mol. The summed E-state index contributed by atoms with van der Waals surface area (Å²) in [5.74, 6) is -0.515. The molecule has 0 bridgehead atoms. The van der Waals surface area contributed by atoms with Gasteiger partial charge < -0.3 is 18.9 Å². The van der Waals surface area contributed by atoms with Crippen molar-refractivity contribution >= 4 is 17.6 Å². The molecule has 2 aromatic carbocycles. The molecule has 1 aromatic heterocycles. The minimum atomic E-state index is -0.641. The van der Waals surface area contributed by atoms with Crippen LogP contribution in [-0.2, 0) is 11.3 Å². The second-order valence-electron chi connectivity index (χ2n) is 5.37. The fourth-order valence-corrected chi connectivity index (χ4v) is 2.47. The number of halogens is 1. The van der Waals surface area contributed by atoms with Gasteiger partial charge in [0.2, 0.25) is 0 Å². The van der Waals surface area contributed by atoms with Crippen LogP contribution in [-0.4, -0.2) is 35.1 Å². The summed E-state index contributed by atoms with van der Waals surface area (Å²) in [5, 5.41) is 0.170. The maximum Gasteiger partial charge on any atom is 0.343 e. The first-order valence-corrected chi connectivity index (χ1v) is 8.50. The molecule has 144 valence electrons. The van der Waals surface area contributed by atoms with Gasteiger partial charge in [0.25, 0.3) is 0 Å². The predicted molar refractivity (Wildman–Crippen MR) is 100 cm³/mol. The zero-order valence-electron chi connectivity index (χ0n) is 15.1. The number of ether oxygens (including phenoxy) is 4. The lowest BCUT2D eigenvalue weighted by Gasteiger charge is -2.12. The monoisotopic (exact) mass is 401 g/mol. The molecule has 0 unspecified atom stereocenters. The molecule has 3 rings (SSSR count). The van der Waals surface area contributed by atoms with Crippen molar-refractivity contribution in [2.24, 2.45) is 0 Å². The SMILES string of the molecule is COc1nc(OC)nc(Oc2cccc(Cl)c2C(=O)OCc2ccccc2)n1. The number of hydrogen-bond acceptors (Lipinski definition) is 8. The minimum absolute atomic E-state index is 0.00270. The number of methoxy groups -OCH3 is 2. The Kier molecular flexibility index (Phi) is 6.23. The largest absolute Gasteiger partial charge is 0.467 e. The first-order valence-electron chi connectivity index (χ1n) is 8.12. The Morgan fingerprint density at radius 2 is 1.54 bits per heavy atom. The standard InChI is InChI=1S/C19H16ClN3O5/c1-25-17-21-18(26-2)23-19(22-17)28-14-10-6-9-13(20)15(14)16(24)27-11-12-7-4-3-5-8-12/h3-10H,11H2,1-2H3. The van der Waals surface area contributed by atoms with Gasteiger partial charge in [-0.25, -0.2) is 4.79 Å². The third-order valence-electron chi connectivity index (χ3n) is 3.53. The van der Waals surface area contributed by atoms with Crippen molar-refractivity contribution in [1.82, 2.24) is 15.0 Å². The molecule has 9 heteroatoms. The van der Waals surface area contributed by atoms with E-state index in [4.69, 9.17) is 30.5 Å². The maximum atomic E-state index is 12.6. The van der Waals surface area contributed by atoms with Gasteiger partial charge in [-0.15, -0.1) is 15.0 Å². The molecular formula is C19H16ClN3O5. The third-order valence-corrected chi connectivity index (χ3v) is 3.85. The average molecular weight is 402 g/mol. The molecule has 0 aliphatic carbocycles. The number of carbonyl (C=O) groups excluding carboxylic acids is 1. The summed E-state index contributed by atoms with van der Waals surface area (Å²) in [5.41, 5.74) is 0.899. The smallest absolute Gasteiger partial charge is 0.343 e. The molecule has 28 heavy (non-hydrogen) atoms. The van der Waals surface area contributed by atoms with Gasteiger partial charge in [0.15, 0.2) is 0 Å². The topological polar surface area (TPSA) is 92.7 Å². The molecule has 0 N–H and O–H groups in total. The van der Waals surface area contributed by atoms with Gasteiger partial charge in [0, 0.05) is 0 Å². The molecule has 0 fully saturated rings. The molecule has 0 saturated heterocycles. The van der Waals surface area contributed by atoms with Crippen LogP contribution >= 0.6 is 11.6 Å². The second-order valence-corrected chi connectivity index (χ2v) is 5.78. The summed E-state index contributed by atoms with van der Waals surface area (Å²) in [7, 11) is 2.79. The lowest BCUT2D eigenvalue weighted by molar-refractivity contribution is 0.0470. The first kappa shape index (κ1) is 19.4. The van der Waals surface area contributed by atoms with Crippen molar-refractivity contribution in [3.05, 3.63) is 64.7 Å². The third kappa shape index (κ3) is 4.66. The van der Waals surface area contributed by atoms with E-state index in [2.05, 4.69) is 15.0 Å². The zero-order chi connectivity index (χ0) is 19.9. The van der Waals surface area contributed by atoms with E-state index in [0.717, 1.165) is 5.56 Å². The van der Waals surface area contributed by atoms with Gasteiger partial charge in [0.05, 0.1) is 19.2 Å². The molecule has 1 heterocycles. The van der Waals surface area contributed by atoms with Crippen LogP contribution in [0.15, 0.2) is 48.5 Å². The number of rotatable bonds is 7. The summed E-state index contributed by atoms with van der Waals surface area (Å²) in [6, 6.07) is 13.9. The lowest BCUT2D eigenvalue weighted by Crippen LogP contribution is -2.09.